The Hall–Kier alpha value is -1.13. The van der Waals surface area contributed by atoms with Crippen LogP contribution in [0, 0.1) is 0 Å². The zero-order chi connectivity index (χ0) is 13.8. The van der Waals surface area contributed by atoms with Gasteiger partial charge in [-0.3, -0.25) is 4.98 Å². The fourth-order valence-electron chi connectivity index (χ4n) is 3.38. The second kappa shape index (κ2) is 6.55. The Morgan fingerprint density at radius 2 is 2.40 bits per heavy atom. The van der Waals surface area contributed by atoms with Gasteiger partial charge in [-0.15, -0.1) is 0 Å². The molecule has 3 rings (SSSR count). The molecule has 4 nitrogen and oxygen atoms in total. The first kappa shape index (κ1) is 13.8. The van der Waals surface area contributed by atoms with Crippen LogP contribution in [0.3, 0.4) is 0 Å². The topological polar surface area (TPSA) is 37.4 Å². The van der Waals surface area contributed by atoms with Gasteiger partial charge in [-0.25, -0.2) is 0 Å². The van der Waals surface area contributed by atoms with E-state index in [2.05, 4.69) is 34.3 Å². The Bertz CT molecular complexity index is 437. The molecule has 1 aliphatic heterocycles. The lowest BCUT2D eigenvalue weighted by atomic mass is 10.1. The molecule has 1 aromatic heterocycles. The van der Waals surface area contributed by atoms with E-state index in [0.717, 1.165) is 38.4 Å². The van der Waals surface area contributed by atoms with Crippen LogP contribution in [0.4, 0.5) is 5.69 Å². The van der Waals surface area contributed by atoms with Gasteiger partial charge >= 0.3 is 0 Å². The van der Waals surface area contributed by atoms with Crippen molar-refractivity contribution in [3.63, 3.8) is 0 Å². The van der Waals surface area contributed by atoms with Gasteiger partial charge in [0.1, 0.15) is 0 Å². The van der Waals surface area contributed by atoms with Crippen LogP contribution in [0.25, 0.3) is 0 Å². The Morgan fingerprint density at radius 3 is 3.30 bits per heavy atom. The van der Waals surface area contributed by atoms with E-state index in [4.69, 9.17) is 4.74 Å². The first-order valence-electron chi connectivity index (χ1n) is 7.92. The number of anilines is 1. The molecule has 1 N–H and O–H groups in total. The van der Waals surface area contributed by atoms with Crippen LogP contribution in [-0.2, 0) is 11.3 Å². The summed E-state index contributed by atoms with van der Waals surface area (Å²) in [4.78, 5) is 7.01. The van der Waals surface area contributed by atoms with Crippen molar-refractivity contribution in [3.8, 4) is 0 Å². The fraction of sp³-hybridized carbons (Fsp3) is 0.688. The van der Waals surface area contributed by atoms with Crippen molar-refractivity contribution in [1.82, 2.24) is 10.3 Å². The summed E-state index contributed by atoms with van der Waals surface area (Å²) in [6.45, 7) is 5.96. The van der Waals surface area contributed by atoms with Crippen LogP contribution >= 0.6 is 0 Å². The van der Waals surface area contributed by atoms with Gasteiger partial charge < -0.3 is 15.0 Å². The lowest BCUT2D eigenvalue weighted by molar-refractivity contribution is 0.0256. The third-order valence-corrected chi connectivity index (χ3v) is 4.35. The third kappa shape index (κ3) is 2.96. The van der Waals surface area contributed by atoms with E-state index in [9.17, 15) is 0 Å². The smallest absolute Gasteiger partial charge is 0.0779 e. The molecule has 0 spiro atoms. The second-order valence-electron chi connectivity index (χ2n) is 5.78. The zero-order valence-electron chi connectivity index (χ0n) is 12.3. The molecule has 0 amide bonds. The molecule has 2 atom stereocenters. The van der Waals surface area contributed by atoms with E-state index >= 15 is 0 Å². The highest BCUT2D eigenvalue weighted by atomic mass is 16.5. The van der Waals surface area contributed by atoms with Crippen LogP contribution in [0.2, 0.25) is 0 Å². The average Bonchev–Trinajstić information content (AvgIpc) is 2.96. The molecule has 1 saturated carbocycles. The quantitative estimate of drug-likeness (QED) is 0.837. The van der Waals surface area contributed by atoms with Gasteiger partial charge in [0.15, 0.2) is 0 Å². The van der Waals surface area contributed by atoms with E-state index in [0.29, 0.717) is 12.1 Å². The lowest BCUT2D eigenvalue weighted by Crippen LogP contribution is -2.48. The molecule has 0 radical (unpaired) electrons. The number of rotatable bonds is 5. The first-order valence-corrected chi connectivity index (χ1v) is 7.92. The average molecular weight is 275 g/mol. The van der Waals surface area contributed by atoms with E-state index in [-0.39, 0.29) is 0 Å². The summed E-state index contributed by atoms with van der Waals surface area (Å²) in [5.74, 6) is 0. The molecule has 2 aliphatic rings. The van der Waals surface area contributed by atoms with Gasteiger partial charge in [0, 0.05) is 25.0 Å². The van der Waals surface area contributed by atoms with Gasteiger partial charge in [0.2, 0.25) is 0 Å². The maximum atomic E-state index is 5.89. The minimum absolute atomic E-state index is 0.443. The molecule has 2 unspecified atom stereocenters. The predicted octanol–water partition coefficient (Wildman–Crippen LogP) is 2.34. The molecular weight excluding hydrogens is 250 g/mol. The second-order valence-corrected chi connectivity index (χ2v) is 5.78. The summed E-state index contributed by atoms with van der Waals surface area (Å²) < 4.78 is 5.89. The number of ether oxygens (including phenoxy) is 1. The van der Waals surface area contributed by atoms with Crippen molar-refractivity contribution in [2.75, 3.05) is 24.6 Å². The number of nitrogens with one attached hydrogen (secondary N) is 1. The van der Waals surface area contributed by atoms with Gasteiger partial charge in [0.05, 0.1) is 24.4 Å². The van der Waals surface area contributed by atoms with Crippen LogP contribution in [-0.4, -0.2) is 36.8 Å². The van der Waals surface area contributed by atoms with E-state index in [1.165, 1.54) is 24.9 Å². The molecule has 110 valence electrons. The Labute approximate surface area is 121 Å². The molecule has 1 aromatic rings. The largest absolute Gasteiger partial charge is 0.374 e. The van der Waals surface area contributed by atoms with Gasteiger partial charge in [-0.05, 0) is 44.4 Å². The van der Waals surface area contributed by atoms with Crippen molar-refractivity contribution in [2.24, 2.45) is 0 Å². The first-order chi connectivity index (χ1) is 9.88. The molecule has 4 heteroatoms. The molecule has 0 aromatic carbocycles. The number of hydrogen-bond acceptors (Lipinski definition) is 4. The highest BCUT2D eigenvalue weighted by molar-refractivity contribution is 5.48. The fourth-order valence-corrected chi connectivity index (χ4v) is 3.38. The summed E-state index contributed by atoms with van der Waals surface area (Å²) in [7, 11) is 0. The van der Waals surface area contributed by atoms with Crippen LogP contribution < -0.4 is 10.2 Å². The standard InChI is InChI=1S/C16H25N3O/c1-2-7-17-12-13-11-14(6-8-18-13)19-9-10-20-16-5-3-4-15(16)19/h6,8,11,15-17H,2-5,7,9-10,12H2,1H3. The van der Waals surface area contributed by atoms with Crippen molar-refractivity contribution in [2.45, 2.75) is 51.3 Å². The summed E-state index contributed by atoms with van der Waals surface area (Å²) in [6.07, 6.45) is 7.32. The van der Waals surface area contributed by atoms with Crippen molar-refractivity contribution in [3.05, 3.63) is 24.0 Å². The molecule has 20 heavy (non-hydrogen) atoms. The maximum Gasteiger partial charge on any atom is 0.0779 e. The van der Waals surface area contributed by atoms with Crippen LogP contribution in [0.1, 0.15) is 38.3 Å². The summed E-state index contributed by atoms with van der Waals surface area (Å²) in [6, 6.07) is 4.95. The van der Waals surface area contributed by atoms with Gasteiger partial charge in [-0.2, -0.15) is 0 Å². The third-order valence-electron chi connectivity index (χ3n) is 4.35. The lowest BCUT2D eigenvalue weighted by Gasteiger charge is -2.39. The van der Waals surface area contributed by atoms with Crippen molar-refractivity contribution in [1.29, 1.82) is 0 Å². The summed E-state index contributed by atoms with van der Waals surface area (Å²) in [5, 5.41) is 3.42. The van der Waals surface area contributed by atoms with E-state index < -0.39 is 0 Å². The Balaban J connectivity index is 1.70. The maximum absolute atomic E-state index is 5.89. The highest BCUT2D eigenvalue weighted by Gasteiger charge is 2.36. The number of fused-ring (bicyclic) bond motifs is 1. The van der Waals surface area contributed by atoms with Gasteiger partial charge in [-0.1, -0.05) is 6.92 Å². The van der Waals surface area contributed by atoms with E-state index in [1.807, 2.05) is 6.20 Å². The van der Waals surface area contributed by atoms with Crippen LogP contribution in [0.15, 0.2) is 18.3 Å². The Kier molecular flexibility index (Phi) is 4.53. The molecule has 0 bridgehead atoms. The zero-order valence-corrected chi connectivity index (χ0v) is 12.3. The molecule has 2 fully saturated rings. The van der Waals surface area contributed by atoms with Crippen LogP contribution in [0.5, 0.6) is 0 Å². The SMILES string of the molecule is CCCNCc1cc(N2CCOC3CCCC32)ccn1. The van der Waals surface area contributed by atoms with Gasteiger partial charge in [0.25, 0.3) is 0 Å². The summed E-state index contributed by atoms with van der Waals surface area (Å²) >= 11 is 0. The number of nitrogens with zero attached hydrogens (tertiary/aromatic N) is 2. The normalized spacial score (nSPS) is 25.8. The summed E-state index contributed by atoms with van der Waals surface area (Å²) in [5.41, 5.74) is 2.45. The van der Waals surface area contributed by atoms with Crippen molar-refractivity contribution < 1.29 is 4.74 Å². The highest BCUT2D eigenvalue weighted by Crippen LogP contribution is 2.33. The molecule has 1 saturated heterocycles. The molecule has 2 heterocycles. The monoisotopic (exact) mass is 275 g/mol. The molecular formula is C16H25N3O. The Morgan fingerprint density at radius 1 is 1.45 bits per heavy atom. The number of morpholine rings is 1. The van der Waals surface area contributed by atoms with Crippen molar-refractivity contribution >= 4 is 5.69 Å². The van der Waals surface area contributed by atoms with E-state index in [1.54, 1.807) is 0 Å². The minimum Gasteiger partial charge on any atom is -0.374 e. The molecule has 1 aliphatic carbocycles. The minimum atomic E-state index is 0.443. The number of aromatic nitrogens is 1. The number of pyridine rings is 1. The number of hydrogen-bond donors (Lipinski definition) is 1. The predicted molar refractivity (Wildman–Crippen MR) is 81.0 cm³/mol.